The fourth-order valence-corrected chi connectivity index (χ4v) is 10.1. The number of benzene rings is 4. The molecule has 1 saturated carbocycles. The summed E-state index contributed by atoms with van der Waals surface area (Å²) in [4.78, 5) is 36.2. The molecule has 1 fully saturated rings. The van der Waals surface area contributed by atoms with Crippen molar-refractivity contribution in [3.05, 3.63) is 114 Å². The smallest absolute Gasteiger partial charge is 0.417 e. The van der Waals surface area contributed by atoms with E-state index in [0.29, 0.717) is 65.8 Å². The number of unbranched alkanes of at least 4 members (excludes halogenated alkanes) is 2. The average Bonchev–Trinajstić information content (AvgIpc) is 3.31. The third-order valence-corrected chi connectivity index (χ3v) is 12.8. The van der Waals surface area contributed by atoms with Crippen molar-refractivity contribution in [2.24, 2.45) is 22.9 Å². The summed E-state index contributed by atoms with van der Waals surface area (Å²) >= 11 is 0. The molecule has 0 radical (unpaired) electrons. The summed E-state index contributed by atoms with van der Waals surface area (Å²) in [5.41, 5.74) is 3.38. The molecule has 13 heteroatoms. The van der Waals surface area contributed by atoms with Crippen molar-refractivity contribution in [1.82, 2.24) is 4.90 Å². The van der Waals surface area contributed by atoms with Crippen molar-refractivity contribution < 1.29 is 48.3 Å². The number of rotatable bonds is 20. The topological polar surface area (TPSA) is 158 Å². The van der Waals surface area contributed by atoms with Gasteiger partial charge in [-0.1, -0.05) is 67.4 Å². The van der Waals surface area contributed by atoms with Gasteiger partial charge in [-0.2, -0.15) is 0 Å². The Bertz CT molecular complexity index is 2350. The van der Waals surface area contributed by atoms with Gasteiger partial charge in [-0.25, -0.2) is 4.79 Å². The minimum Gasteiger partial charge on any atom is -0.497 e. The van der Waals surface area contributed by atoms with Crippen LogP contribution in [-0.4, -0.2) is 92.3 Å². The van der Waals surface area contributed by atoms with Gasteiger partial charge in [0.15, 0.2) is 0 Å². The Morgan fingerprint density at radius 1 is 0.922 bits per heavy atom. The van der Waals surface area contributed by atoms with E-state index in [1.807, 2.05) is 66.4 Å². The molecular weight excluding hydrogens is 815 g/mol. The number of oxime groups is 1. The number of amides is 2. The van der Waals surface area contributed by atoms with Crippen LogP contribution in [0.5, 0.6) is 23.0 Å². The van der Waals surface area contributed by atoms with Gasteiger partial charge in [-0.3, -0.25) is 10.1 Å². The summed E-state index contributed by atoms with van der Waals surface area (Å²) < 4.78 is 31.3. The van der Waals surface area contributed by atoms with Crippen LogP contribution in [0.1, 0.15) is 80.1 Å². The van der Waals surface area contributed by atoms with Crippen LogP contribution in [0.2, 0.25) is 0 Å². The normalized spacial score (nSPS) is 22.6. The van der Waals surface area contributed by atoms with Crippen molar-refractivity contribution in [3.63, 3.8) is 0 Å². The number of ether oxygens (including phenoxy) is 5. The van der Waals surface area contributed by atoms with Gasteiger partial charge < -0.3 is 43.6 Å². The lowest BCUT2D eigenvalue weighted by Gasteiger charge is -2.60. The fraction of sp³-hybridized carbons (Fsp3) is 0.431. The number of hydrogen-bond donors (Lipinski definition) is 3. The van der Waals surface area contributed by atoms with Crippen molar-refractivity contribution >= 4 is 34.2 Å². The second kappa shape index (κ2) is 21.2. The Morgan fingerprint density at radius 2 is 1.69 bits per heavy atom. The highest BCUT2D eigenvalue weighted by molar-refractivity contribution is 6.04. The van der Waals surface area contributed by atoms with Crippen LogP contribution >= 0.6 is 0 Å². The van der Waals surface area contributed by atoms with E-state index in [2.05, 4.69) is 18.0 Å². The predicted molar refractivity (Wildman–Crippen MR) is 246 cm³/mol. The average molecular weight is 876 g/mol. The van der Waals surface area contributed by atoms with E-state index >= 15 is 4.79 Å². The number of aliphatic hydroxyl groups is 2. The summed E-state index contributed by atoms with van der Waals surface area (Å²) in [6.07, 6.45) is 8.60. The van der Waals surface area contributed by atoms with Crippen LogP contribution in [0.25, 0.3) is 10.8 Å². The number of nitrogens with one attached hydrogen (secondary N) is 1. The standard InChI is InChI=1S/C51H61N3O10/c1-6-24-54(49(57)36-19-18-33-14-8-9-15-34(33)28-36)46-32-43(53-61-5)40-29-35(16-10-12-25-55)39(17-11-13-26-56)47-41-30-38(21-23-44(41)64-51(46,48(40)47)62-27-7-2)63-50(58)52-42-22-20-37(59-3)31-45(42)60-4/h7-9,14-15,18-23,28-31,35,39,46-48,55-56H,2,6,10-13,16-17,24-27,32H2,1,3-5H3,(H,52,58)/t35-,39+,46-,47+,48+,51+/m0/s1. The van der Waals surface area contributed by atoms with Crippen LogP contribution in [0.15, 0.2) is 108 Å². The van der Waals surface area contributed by atoms with Gasteiger partial charge in [0.1, 0.15) is 36.1 Å². The monoisotopic (exact) mass is 875 g/mol. The first-order chi connectivity index (χ1) is 31.2. The van der Waals surface area contributed by atoms with Gasteiger partial charge in [0.2, 0.25) is 5.79 Å². The Hall–Kier alpha value is -5.89. The Morgan fingerprint density at radius 3 is 2.41 bits per heavy atom. The summed E-state index contributed by atoms with van der Waals surface area (Å²) in [7, 11) is 4.59. The largest absolute Gasteiger partial charge is 0.497 e. The number of aliphatic hydroxyl groups excluding tert-OH is 2. The number of carbonyl (C=O) groups is 2. The minimum absolute atomic E-state index is 0.0145. The number of nitrogens with zero attached hydrogens (tertiary/aromatic N) is 2. The van der Waals surface area contributed by atoms with Crippen molar-refractivity contribution in [1.29, 1.82) is 0 Å². The Kier molecular flexibility index (Phi) is 15.3. The van der Waals surface area contributed by atoms with Crippen molar-refractivity contribution in [2.45, 2.75) is 76.0 Å². The van der Waals surface area contributed by atoms with Crippen LogP contribution in [0, 0.1) is 17.8 Å². The van der Waals surface area contributed by atoms with Crippen molar-refractivity contribution in [2.75, 3.05) is 53.0 Å². The summed E-state index contributed by atoms with van der Waals surface area (Å²) in [6.45, 7) is 6.77. The SMILES string of the molecule is C=CCO[C@@]12Oc3ccc(OC(=O)Nc4ccc(OC)cc4OC)cc3[C@H]3[C@H](CCCCO)[C@@H](CCCCO)C=C(C(=NOC)C[C@@H]1N(CCC)C(=O)c1ccc4ccccc4c1)[C@H]32. The number of allylic oxidation sites excluding steroid dienone is 1. The Labute approximate surface area is 375 Å². The molecule has 0 aromatic heterocycles. The number of carbonyl (C=O) groups excluding carboxylic acids is 2. The molecule has 13 nitrogen and oxygen atoms in total. The van der Waals surface area contributed by atoms with Crippen LogP contribution < -0.4 is 24.3 Å². The molecule has 1 aliphatic heterocycles. The maximum Gasteiger partial charge on any atom is 0.417 e. The molecule has 0 spiro atoms. The van der Waals surface area contributed by atoms with E-state index in [1.165, 1.54) is 14.2 Å². The Balaban J connectivity index is 1.38. The third-order valence-electron chi connectivity index (χ3n) is 12.8. The molecule has 64 heavy (non-hydrogen) atoms. The molecule has 7 rings (SSSR count). The van der Waals surface area contributed by atoms with E-state index in [0.717, 1.165) is 47.6 Å². The highest BCUT2D eigenvalue weighted by Crippen LogP contribution is 2.62. The summed E-state index contributed by atoms with van der Waals surface area (Å²) in [5.74, 6) is -0.568. The van der Waals surface area contributed by atoms with Gasteiger partial charge in [0.25, 0.3) is 5.91 Å². The number of hydrogen-bond acceptors (Lipinski definition) is 11. The maximum atomic E-state index is 15.1. The molecule has 2 aliphatic carbocycles. The highest BCUT2D eigenvalue weighted by Gasteiger charge is 2.65. The molecule has 0 saturated heterocycles. The zero-order valence-electron chi connectivity index (χ0n) is 37.3. The zero-order chi connectivity index (χ0) is 45.2. The van der Waals surface area contributed by atoms with Gasteiger partial charge >= 0.3 is 6.09 Å². The zero-order valence-corrected chi connectivity index (χ0v) is 37.3. The van der Waals surface area contributed by atoms with Gasteiger partial charge in [0, 0.05) is 49.3 Å². The highest BCUT2D eigenvalue weighted by atomic mass is 16.7. The molecule has 340 valence electrons. The third kappa shape index (κ3) is 9.47. The maximum absolute atomic E-state index is 15.1. The molecule has 0 unspecified atom stereocenters. The lowest BCUT2D eigenvalue weighted by Crippen LogP contribution is -2.70. The summed E-state index contributed by atoms with van der Waals surface area (Å²) in [6, 6.07) is 23.5. The van der Waals surface area contributed by atoms with Gasteiger partial charge in [-0.05, 0) is 103 Å². The van der Waals surface area contributed by atoms with E-state index < -0.39 is 23.8 Å². The van der Waals surface area contributed by atoms with Crippen LogP contribution in [0.4, 0.5) is 10.5 Å². The molecule has 3 N–H and O–H groups in total. The molecule has 2 amide bonds. The van der Waals surface area contributed by atoms with Crippen molar-refractivity contribution in [3.8, 4) is 23.0 Å². The number of anilines is 1. The minimum atomic E-state index is -1.43. The fourth-order valence-electron chi connectivity index (χ4n) is 10.1. The summed E-state index contributed by atoms with van der Waals surface area (Å²) in [5, 5.41) is 29.3. The molecule has 4 aromatic rings. The first-order valence-corrected chi connectivity index (χ1v) is 22.4. The van der Waals surface area contributed by atoms with Gasteiger partial charge in [-0.15, -0.1) is 6.58 Å². The molecule has 4 aromatic carbocycles. The molecular formula is C51H61N3O10. The molecule has 3 aliphatic rings. The van der Waals surface area contributed by atoms with E-state index in [4.69, 9.17) is 33.7 Å². The lowest BCUT2D eigenvalue weighted by atomic mass is 9.55. The second-order valence-corrected chi connectivity index (χ2v) is 16.6. The van der Waals surface area contributed by atoms with E-state index in [9.17, 15) is 15.0 Å². The lowest BCUT2D eigenvalue weighted by molar-refractivity contribution is -0.254. The quantitative estimate of drug-likeness (QED) is 0.0444. The van der Waals surface area contributed by atoms with E-state index in [-0.39, 0.29) is 49.9 Å². The van der Waals surface area contributed by atoms with E-state index in [1.54, 1.807) is 37.5 Å². The van der Waals surface area contributed by atoms with Gasteiger partial charge in [0.05, 0.1) is 38.1 Å². The van der Waals surface area contributed by atoms with Crippen LogP contribution in [0.3, 0.4) is 0 Å². The first kappa shape index (κ1) is 46.1. The number of methoxy groups -OCH3 is 2. The first-order valence-electron chi connectivity index (χ1n) is 22.4. The second-order valence-electron chi connectivity index (χ2n) is 16.6. The van der Waals surface area contributed by atoms with Crippen LogP contribution in [-0.2, 0) is 9.57 Å². The number of fused-ring (bicyclic) bond motifs is 3. The molecule has 1 heterocycles. The molecule has 0 bridgehead atoms. The molecule has 6 atom stereocenters. The predicted octanol–water partition coefficient (Wildman–Crippen LogP) is 9.28.